The lowest BCUT2D eigenvalue weighted by molar-refractivity contribution is -0.114. The summed E-state index contributed by atoms with van der Waals surface area (Å²) in [6.07, 6.45) is 32.2. The molecule has 61 heavy (non-hydrogen) atoms. The first-order chi connectivity index (χ1) is 29.6. The Labute approximate surface area is 373 Å². The van der Waals surface area contributed by atoms with E-state index in [1.807, 2.05) is 13.8 Å². The third-order valence-corrected chi connectivity index (χ3v) is 15.1. The van der Waals surface area contributed by atoms with Gasteiger partial charge in [0, 0.05) is 18.0 Å². The number of hydrogen-bond donors (Lipinski definition) is 0. The summed E-state index contributed by atoms with van der Waals surface area (Å²) in [4.78, 5) is 15.2. The number of rotatable bonds is 16. The van der Waals surface area contributed by atoms with Crippen LogP contribution in [0.1, 0.15) is 169 Å². The van der Waals surface area contributed by atoms with Gasteiger partial charge in [0.2, 0.25) is 0 Å². The van der Waals surface area contributed by atoms with Crippen LogP contribution < -0.4 is 0 Å². The predicted molar refractivity (Wildman–Crippen MR) is 262 cm³/mol. The Hall–Kier alpha value is -3.75. The Kier molecular flexibility index (Phi) is 18.1. The summed E-state index contributed by atoms with van der Waals surface area (Å²) < 4.78 is 0. The normalized spacial score (nSPS) is 22.6. The highest BCUT2D eigenvalue weighted by Crippen LogP contribution is 2.42. The molecule has 4 saturated carbocycles. The second-order valence-corrected chi connectivity index (χ2v) is 20.0. The zero-order valence-corrected chi connectivity index (χ0v) is 39.3. The van der Waals surface area contributed by atoms with Crippen LogP contribution in [-0.4, -0.2) is 30.8 Å². The van der Waals surface area contributed by atoms with E-state index in [1.54, 1.807) is 5.56 Å². The van der Waals surface area contributed by atoms with E-state index in [-0.39, 0.29) is 5.78 Å². The van der Waals surface area contributed by atoms with E-state index in [0.717, 1.165) is 66.4 Å². The number of nitrogens with zero attached hydrogens (tertiary/aromatic N) is 1. The lowest BCUT2D eigenvalue weighted by atomic mass is 9.81. The lowest BCUT2D eigenvalue weighted by Gasteiger charge is -2.25. The molecule has 0 aromatic heterocycles. The molecule has 3 aromatic carbocycles. The van der Waals surface area contributed by atoms with Crippen molar-refractivity contribution in [3.63, 3.8) is 0 Å². The molecule has 0 heterocycles. The highest BCUT2D eigenvalue weighted by atomic mass is 16.1. The van der Waals surface area contributed by atoms with Gasteiger partial charge in [-0.1, -0.05) is 181 Å². The van der Waals surface area contributed by atoms with E-state index in [1.165, 1.54) is 123 Å². The molecule has 8 rings (SSSR count). The van der Waals surface area contributed by atoms with Crippen molar-refractivity contribution >= 4 is 5.78 Å². The Morgan fingerprint density at radius 3 is 1.70 bits per heavy atom. The molecule has 3 aromatic rings. The molecule has 3 unspecified atom stereocenters. The SMILES string of the molecule is C=C(Cc1ccc(CC2CCC2)cc1)Cc1ccc(C2CCC(C(C)C)C2)cc1.CC.CN(C)[C@@H]1CCC(c2ccc(CC(=O)C3=CCC=C(CCC4CCC4)C=C3)cc2)C1. The van der Waals surface area contributed by atoms with E-state index in [4.69, 9.17) is 0 Å². The predicted octanol–water partition coefficient (Wildman–Crippen LogP) is 15.3. The molecule has 5 aliphatic carbocycles. The topological polar surface area (TPSA) is 20.3 Å². The number of benzene rings is 3. The largest absolute Gasteiger partial charge is 0.306 e. The van der Waals surface area contributed by atoms with Gasteiger partial charge >= 0.3 is 0 Å². The minimum Gasteiger partial charge on any atom is -0.306 e. The number of Topliss-reactive ketones (excluding diaryl/α,β-unsaturated/α-hetero) is 1. The van der Waals surface area contributed by atoms with Crippen molar-refractivity contribution in [2.24, 2.45) is 23.7 Å². The molecule has 0 saturated heterocycles. The van der Waals surface area contributed by atoms with Gasteiger partial charge in [-0.2, -0.15) is 0 Å². The second-order valence-electron chi connectivity index (χ2n) is 20.0. The summed E-state index contributed by atoms with van der Waals surface area (Å²) in [5.41, 5.74) is 12.0. The van der Waals surface area contributed by atoms with Gasteiger partial charge in [0.15, 0.2) is 5.78 Å². The quantitative estimate of drug-likeness (QED) is 0.134. The average Bonchev–Trinajstić information content (AvgIpc) is 3.88. The van der Waals surface area contributed by atoms with Gasteiger partial charge in [0.25, 0.3) is 0 Å². The van der Waals surface area contributed by atoms with Crippen molar-refractivity contribution in [2.45, 2.75) is 168 Å². The van der Waals surface area contributed by atoms with E-state index < -0.39 is 0 Å². The third-order valence-electron chi connectivity index (χ3n) is 15.1. The van der Waals surface area contributed by atoms with Gasteiger partial charge in [-0.25, -0.2) is 0 Å². The molecule has 0 radical (unpaired) electrons. The molecule has 0 spiro atoms. The molecule has 4 atom stereocenters. The molecular formula is C59H81NO. The summed E-state index contributed by atoms with van der Waals surface area (Å²) in [6.45, 7) is 13.1. The van der Waals surface area contributed by atoms with Crippen LogP contribution in [0.15, 0.2) is 120 Å². The molecule has 5 aliphatic rings. The zero-order chi connectivity index (χ0) is 43.1. The molecule has 0 N–H and O–H groups in total. The van der Waals surface area contributed by atoms with Crippen LogP contribution >= 0.6 is 0 Å². The Balaban J connectivity index is 0.000000196. The van der Waals surface area contributed by atoms with Crippen LogP contribution in [0.2, 0.25) is 0 Å². The summed E-state index contributed by atoms with van der Waals surface area (Å²) >= 11 is 0. The van der Waals surface area contributed by atoms with Crippen LogP contribution in [-0.2, 0) is 30.5 Å². The molecular weight excluding hydrogens is 739 g/mol. The van der Waals surface area contributed by atoms with E-state index in [0.29, 0.717) is 18.4 Å². The maximum Gasteiger partial charge on any atom is 0.166 e. The minimum absolute atomic E-state index is 0.237. The van der Waals surface area contributed by atoms with E-state index in [9.17, 15) is 4.79 Å². The van der Waals surface area contributed by atoms with Gasteiger partial charge in [-0.15, -0.1) is 0 Å². The first kappa shape index (κ1) is 46.7. The van der Waals surface area contributed by atoms with Crippen molar-refractivity contribution in [3.05, 3.63) is 154 Å². The standard InChI is InChI=1S/C29H38.C28H37NO.C2H6/c1-21(2)28-15-16-29(20-28)27-13-11-25(12-14-27)18-22(3)17-24-7-9-26(10-8-24)19-23-5-4-6-23;1-29(2)27-18-17-26(20-27)24-14-12-23(13-15-24)19-28(30)25-8-4-7-22(11-16-25)10-9-21-5-3-6-21;1-2/h7-14,21,23,28-29H,3-6,15-20H2,1-2H3;7-8,11-16,21,26-27H,3-6,9-10,17-20H2,1-2H3;1-2H3/t;26?,27-;/m.1./s1. The van der Waals surface area contributed by atoms with Gasteiger partial charge < -0.3 is 4.90 Å². The first-order valence-electron chi connectivity index (χ1n) is 24.8. The van der Waals surface area contributed by atoms with Crippen molar-refractivity contribution in [1.29, 1.82) is 0 Å². The summed E-state index contributed by atoms with van der Waals surface area (Å²) in [6, 6.07) is 28.3. The van der Waals surface area contributed by atoms with Crippen molar-refractivity contribution < 1.29 is 4.79 Å². The number of carbonyl (C=O) groups excluding carboxylic acids is 1. The van der Waals surface area contributed by atoms with Gasteiger partial charge in [-0.3, -0.25) is 4.79 Å². The fourth-order valence-electron chi connectivity index (χ4n) is 10.4. The zero-order valence-electron chi connectivity index (χ0n) is 39.3. The van der Waals surface area contributed by atoms with Crippen LogP contribution in [0.25, 0.3) is 0 Å². The smallest absolute Gasteiger partial charge is 0.166 e. The highest BCUT2D eigenvalue weighted by Gasteiger charge is 2.28. The average molecular weight is 820 g/mol. The molecule has 0 aliphatic heterocycles. The Bertz CT molecular complexity index is 1900. The first-order valence-corrected chi connectivity index (χ1v) is 24.8. The second kappa shape index (κ2) is 23.6. The molecule has 0 bridgehead atoms. The number of allylic oxidation sites excluding steroid dienone is 7. The Morgan fingerprint density at radius 2 is 1.18 bits per heavy atom. The highest BCUT2D eigenvalue weighted by molar-refractivity contribution is 5.99. The van der Waals surface area contributed by atoms with Crippen LogP contribution in [0.5, 0.6) is 0 Å². The summed E-state index contributed by atoms with van der Waals surface area (Å²) in [7, 11) is 4.37. The summed E-state index contributed by atoms with van der Waals surface area (Å²) in [5, 5.41) is 0. The van der Waals surface area contributed by atoms with Crippen LogP contribution in [0, 0.1) is 23.7 Å². The molecule has 2 nitrogen and oxygen atoms in total. The summed E-state index contributed by atoms with van der Waals surface area (Å²) in [5.74, 6) is 5.31. The molecule has 4 fully saturated rings. The molecule has 0 amide bonds. The fraction of sp³-hybridized carbons (Fsp3) is 0.542. The Morgan fingerprint density at radius 1 is 0.639 bits per heavy atom. The molecule has 2 heteroatoms. The van der Waals surface area contributed by atoms with Crippen molar-refractivity contribution in [1.82, 2.24) is 4.90 Å². The van der Waals surface area contributed by atoms with Crippen LogP contribution in [0.3, 0.4) is 0 Å². The van der Waals surface area contributed by atoms with Gasteiger partial charge in [0.1, 0.15) is 0 Å². The van der Waals surface area contributed by atoms with Crippen molar-refractivity contribution in [2.75, 3.05) is 14.1 Å². The number of hydrogen-bond acceptors (Lipinski definition) is 2. The number of ketones is 1. The third kappa shape index (κ3) is 14.1. The van der Waals surface area contributed by atoms with Crippen molar-refractivity contribution in [3.8, 4) is 0 Å². The van der Waals surface area contributed by atoms with Gasteiger partial charge in [0.05, 0.1) is 0 Å². The lowest BCUT2D eigenvalue weighted by Crippen LogP contribution is -2.24. The number of carbonyl (C=O) groups is 1. The molecule has 328 valence electrons. The maximum absolute atomic E-state index is 12.9. The van der Waals surface area contributed by atoms with Gasteiger partial charge in [-0.05, 0) is 160 Å². The van der Waals surface area contributed by atoms with E-state index in [2.05, 4.69) is 137 Å². The fourth-order valence-corrected chi connectivity index (χ4v) is 10.4. The van der Waals surface area contributed by atoms with Crippen LogP contribution in [0.4, 0.5) is 0 Å². The van der Waals surface area contributed by atoms with E-state index >= 15 is 0 Å². The monoisotopic (exact) mass is 820 g/mol. The maximum atomic E-state index is 12.9. The minimum atomic E-state index is 0.237.